The van der Waals surface area contributed by atoms with Gasteiger partial charge < -0.3 is 10.0 Å². The molecule has 1 unspecified atom stereocenters. The van der Waals surface area contributed by atoms with Crippen molar-refractivity contribution in [2.24, 2.45) is 0 Å². The third-order valence-electron chi connectivity index (χ3n) is 3.53. The molecule has 1 aliphatic heterocycles. The van der Waals surface area contributed by atoms with Gasteiger partial charge in [-0.05, 0) is 47.8 Å². The zero-order chi connectivity index (χ0) is 14.2. The third-order valence-corrected chi connectivity index (χ3v) is 4.14. The molecule has 0 spiro atoms. The van der Waals surface area contributed by atoms with Crippen LogP contribution in [0.1, 0.15) is 30.1 Å². The molecule has 1 aromatic rings. The van der Waals surface area contributed by atoms with E-state index in [0.29, 0.717) is 19.4 Å². The van der Waals surface area contributed by atoms with E-state index < -0.39 is 23.2 Å². The summed E-state index contributed by atoms with van der Waals surface area (Å²) < 4.78 is 14.1. The Morgan fingerprint density at radius 3 is 2.79 bits per heavy atom. The third kappa shape index (κ3) is 2.25. The highest BCUT2D eigenvalue weighted by Gasteiger charge is 2.46. The van der Waals surface area contributed by atoms with Crippen molar-refractivity contribution < 1.29 is 19.1 Å². The first-order valence-corrected chi connectivity index (χ1v) is 6.66. The molecule has 1 atom stereocenters. The van der Waals surface area contributed by atoms with E-state index in [4.69, 9.17) is 0 Å². The Labute approximate surface area is 118 Å². The van der Waals surface area contributed by atoms with E-state index >= 15 is 0 Å². The normalized spacial score (nSPS) is 22.6. The zero-order valence-electron chi connectivity index (χ0n) is 10.3. The maximum atomic E-state index is 13.9. The van der Waals surface area contributed by atoms with Gasteiger partial charge in [0.2, 0.25) is 0 Å². The first kappa shape index (κ1) is 14.0. The molecule has 0 aliphatic carbocycles. The molecule has 1 fully saturated rings. The van der Waals surface area contributed by atoms with Gasteiger partial charge in [0.05, 0.1) is 10.0 Å². The topological polar surface area (TPSA) is 57.6 Å². The number of hydrogen-bond acceptors (Lipinski definition) is 2. The van der Waals surface area contributed by atoms with E-state index in [2.05, 4.69) is 15.9 Å². The molecule has 0 radical (unpaired) electrons. The number of nitrogens with zero attached hydrogens (tertiary/aromatic N) is 1. The summed E-state index contributed by atoms with van der Waals surface area (Å²) in [5, 5.41) is 9.27. The SMILES string of the molecule is CC1(C(=O)O)CCCN1C(=O)c1cccc(Br)c1F. The monoisotopic (exact) mass is 329 g/mol. The molecular formula is C13H13BrFNO3. The molecule has 0 aromatic heterocycles. The van der Waals surface area contributed by atoms with E-state index in [0.717, 1.165) is 0 Å². The van der Waals surface area contributed by atoms with E-state index in [1.807, 2.05) is 0 Å². The van der Waals surface area contributed by atoms with E-state index in [9.17, 15) is 19.1 Å². The van der Waals surface area contributed by atoms with Crippen molar-refractivity contribution in [3.05, 3.63) is 34.1 Å². The summed E-state index contributed by atoms with van der Waals surface area (Å²) in [6.07, 6.45) is 0.980. The van der Waals surface area contributed by atoms with Gasteiger partial charge in [0.25, 0.3) is 5.91 Å². The van der Waals surface area contributed by atoms with Crippen molar-refractivity contribution in [2.75, 3.05) is 6.54 Å². The van der Waals surface area contributed by atoms with Crippen molar-refractivity contribution >= 4 is 27.8 Å². The lowest BCUT2D eigenvalue weighted by Crippen LogP contribution is -2.51. The van der Waals surface area contributed by atoms with Gasteiger partial charge in [-0.25, -0.2) is 9.18 Å². The first-order valence-electron chi connectivity index (χ1n) is 5.87. The molecule has 1 amide bonds. The van der Waals surface area contributed by atoms with E-state index in [1.54, 1.807) is 6.07 Å². The Balaban J connectivity index is 2.39. The van der Waals surface area contributed by atoms with Crippen LogP contribution in [0.25, 0.3) is 0 Å². The summed E-state index contributed by atoms with van der Waals surface area (Å²) in [6, 6.07) is 4.41. The summed E-state index contributed by atoms with van der Waals surface area (Å²) in [5.41, 5.74) is -1.37. The van der Waals surface area contributed by atoms with Crippen LogP contribution in [-0.2, 0) is 4.79 Å². The standard InChI is InChI=1S/C13H13BrFNO3/c1-13(12(18)19)6-3-7-16(13)11(17)8-4-2-5-9(14)10(8)15/h2,4-5H,3,6-7H2,1H3,(H,18,19). The number of hydrogen-bond donors (Lipinski definition) is 1. The molecule has 1 heterocycles. The second kappa shape index (κ2) is 4.92. The zero-order valence-corrected chi connectivity index (χ0v) is 11.9. The molecule has 1 saturated heterocycles. The summed E-state index contributed by atoms with van der Waals surface area (Å²) in [4.78, 5) is 24.9. The number of halogens is 2. The summed E-state index contributed by atoms with van der Waals surface area (Å²) in [7, 11) is 0. The fourth-order valence-corrected chi connectivity index (χ4v) is 2.69. The van der Waals surface area contributed by atoms with Crippen LogP contribution in [0.2, 0.25) is 0 Å². The quantitative estimate of drug-likeness (QED) is 0.907. The van der Waals surface area contributed by atoms with Crippen LogP contribution in [0.5, 0.6) is 0 Å². The Morgan fingerprint density at radius 1 is 1.47 bits per heavy atom. The lowest BCUT2D eigenvalue weighted by atomic mass is 9.98. The minimum absolute atomic E-state index is 0.108. The predicted molar refractivity (Wildman–Crippen MR) is 70.4 cm³/mol. The van der Waals surface area contributed by atoms with Gasteiger partial charge in [0.15, 0.2) is 0 Å². The molecule has 19 heavy (non-hydrogen) atoms. The second-order valence-corrected chi connectivity index (χ2v) is 5.60. The fraction of sp³-hybridized carbons (Fsp3) is 0.385. The number of carboxylic acids is 1. The van der Waals surface area contributed by atoms with Crippen molar-refractivity contribution in [3.63, 3.8) is 0 Å². The number of likely N-dealkylation sites (tertiary alicyclic amines) is 1. The van der Waals surface area contributed by atoms with Crippen molar-refractivity contribution in [1.82, 2.24) is 4.90 Å². The van der Waals surface area contributed by atoms with Crippen LogP contribution in [0.4, 0.5) is 4.39 Å². The maximum absolute atomic E-state index is 13.9. The second-order valence-electron chi connectivity index (χ2n) is 4.74. The molecule has 1 N–H and O–H groups in total. The van der Waals surface area contributed by atoms with Crippen LogP contribution in [-0.4, -0.2) is 34.0 Å². The van der Waals surface area contributed by atoms with Gasteiger partial charge in [0, 0.05) is 6.54 Å². The highest BCUT2D eigenvalue weighted by atomic mass is 79.9. The minimum atomic E-state index is -1.26. The fourth-order valence-electron chi connectivity index (χ4n) is 2.33. The Hall–Kier alpha value is -1.43. The summed E-state index contributed by atoms with van der Waals surface area (Å²) >= 11 is 3.02. The van der Waals surface area contributed by atoms with Gasteiger partial charge in [-0.3, -0.25) is 4.79 Å². The number of aliphatic carboxylic acids is 1. The number of carbonyl (C=O) groups is 2. The van der Waals surface area contributed by atoms with Crippen LogP contribution in [0.15, 0.2) is 22.7 Å². The average molecular weight is 330 g/mol. The molecular weight excluding hydrogens is 317 g/mol. The molecule has 1 aliphatic rings. The molecule has 2 rings (SSSR count). The largest absolute Gasteiger partial charge is 0.480 e. The van der Waals surface area contributed by atoms with Gasteiger partial charge in [-0.2, -0.15) is 0 Å². The van der Waals surface area contributed by atoms with Crippen LogP contribution < -0.4 is 0 Å². The Bertz CT molecular complexity index is 549. The number of carboxylic acid groups (broad SMARTS) is 1. The molecule has 4 nitrogen and oxygen atoms in total. The van der Waals surface area contributed by atoms with E-state index in [1.165, 1.54) is 24.0 Å². The Kier molecular flexibility index (Phi) is 3.62. The number of benzene rings is 1. The van der Waals surface area contributed by atoms with Crippen molar-refractivity contribution in [2.45, 2.75) is 25.3 Å². The Morgan fingerprint density at radius 2 is 2.16 bits per heavy atom. The lowest BCUT2D eigenvalue weighted by molar-refractivity contribution is -0.147. The van der Waals surface area contributed by atoms with Gasteiger partial charge in [-0.15, -0.1) is 0 Å². The first-order chi connectivity index (χ1) is 8.88. The lowest BCUT2D eigenvalue weighted by Gasteiger charge is -2.31. The number of amides is 1. The van der Waals surface area contributed by atoms with Crippen LogP contribution >= 0.6 is 15.9 Å². The average Bonchev–Trinajstić information content (AvgIpc) is 2.75. The van der Waals surface area contributed by atoms with Gasteiger partial charge >= 0.3 is 5.97 Å². The predicted octanol–water partition coefficient (Wildman–Crippen LogP) is 2.67. The number of carbonyl (C=O) groups excluding carboxylic acids is 1. The molecule has 0 bridgehead atoms. The van der Waals surface area contributed by atoms with Crippen molar-refractivity contribution in [3.8, 4) is 0 Å². The highest BCUT2D eigenvalue weighted by molar-refractivity contribution is 9.10. The molecule has 102 valence electrons. The number of rotatable bonds is 2. The highest BCUT2D eigenvalue weighted by Crippen LogP contribution is 2.32. The molecule has 6 heteroatoms. The van der Waals surface area contributed by atoms with Gasteiger partial charge in [0.1, 0.15) is 11.4 Å². The molecule has 0 saturated carbocycles. The summed E-state index contributed by atoms with van der Waals surface area (Å²) in [5.74, 6) is -2.30. The molecule has 1 aromatic carbocycles. The summed E-state index contributed by atoms with van der Waals surface area (Å²) in [6.45, 7) is 1.82. The van der Waals surface area contributed by atoms with Crippen LogP contribution in [0, 0.1) is 5.82 Å². The van der Waals surface area contributed by atoms with Crippen LogP contribution in [0.3, 0.4) is 0 Å². The van der Waals surface area contributed by atoms with E-state index in [-0.39, 0.29) is 10.0 Å². The van der Waals surface area contributed by atoms with Gasteiger partial charge in [-0.1, -0.05) is 6.07 Å². The smallest absolute Gasteiger partial charge is 0.329 e. The van der Waals surface area contributed by atoms with Crippen molar-refractivity contribution in [1.29, 1.82) is 0 Å². The maximum Gasteiger partial charge on any atom is 0.329 e. The minimum Gasteiger partial charge on any atom is -0.480 e.